The fourth-order valence-electron chi connectivity index (χ4n) is 2.35. The van der Waals surface area contributed by atoms with Gasteiger partial charge in [0.2, 0.25) is 0 Å². The molecule has 2 aromatic carbocycles. The van der Waals surface area contributed by atoms with Crippen molar-refractivity contribution in [3.05, 3.63) is 54.6 Å². The summed E-state index contributed by atoms with van der Waals surface area (Å²) in [6.07, 6.45) is 4.47. The molecule has 0 aliphatic heterocycles. The molecule has 0 fully saturated rings. The highest BCUT2D eigenvalue weighted by molar-refractivity contribution is 5.85. The molecule has 0 bridgehead atoms. The Hall–Kier alpha value is -2.29. The fourth-order valence-corrected chi connectivity index (χ4v) is 2.35. The largest absolute Gasteiger partial charge is 0.494 e. The van der Waals surface area contributed by atoms with Gasteiger partial charge in [-0.2, -0.15) is 0 Å². The molecular formula is C19H22O3. The Bertz CT molecular complexity index is 646. The van der Waals surface area contributed by atoms with Gasteiger partial charge >= 0.3 is 5.97 Å². The molecule has 0 aromatic heterocycles. The standard InChI is InChI=1S/C19H22O3/c1-15(19(20)21)8-4-2-3-7-13-22-18-12-11-16-9-5-6-10-17(16)14-18/h5-6,9-12,14H,1-4,7-8,13H2,(H,20,21). The summed E-state index contributed by atoms with van der Waals surface area (Å²) in [6, 6.07) is 14.4. The van der Waals surface area contributed by atoms with Crippen molar-refractivity contribution in [3.8, 4) is 5.75 Å². The molecule has 0 aliphatic rings. The van der Waals surface area contributed by atoms with Crippen molar-refractivity contribution in [3.63, 3.8) is 0 Å². The molecule has 0 saturated carbocycles. The summed E-state index contributed by atoms with van der Waals surface area (Å²) in [5.74, 6) is 0.0117. The first-order valence-corrected chi connectivity index (χ1v) is 7.69. The third-order valence-electron chi connectivity index (χ3n) is 3.67. The van der Waals surface area contributed by atoms with Crippen LogP contribution in [0.5, 0.6) is 5.75 Å². The maximum Gasteiger partial charge on any atom is 0.330 e. The summed E-state index contributed by atoms with van der Waals surface area (Å²) in [6.45, 7) is 4.22. The fraction of sp³-hybridized carbons (Fsp3) is 0.316. The van der Waals surface area contributed by atoms with Crippen molar-refractivity contribution in [2.24, 2.45) is 0 Å². The minimum Gasteiger partial charge on any atom is -0.494 e. The quantitative estimate of drug-likeness (QED) is 0.534. The van der Waals surface area contributed by atoms with Crippen LogP contribution in [0.25, 0.3) is 10.8 Å². The minimum absolute atomic E-state index is 0.299. The minimum atomic E-state index is -0.889. The molecule has 0 spiro atoms. The van der Waals surface area contributed by atoms with Gasteiger partial charge in [0.25, 0.3) is 0 Å². The van der Waals surface area contributed by atoms with Crippen LogP contribution in [0.1, 0.15) is 32.1 Å². The van der Waals surface area contributed by atoms with E-state index in [0.717, 1.165) is 31.4 Å². The summed E-state index contributed by atoms with van der Waals surface area (Å²) < 4.78 is 5.77. The van der Waals surface area contributed by atoms with Crippen molar-refractivity contribution in [1.82, 2.24) is 0 Å². The van der Waals surface area contributed by atoms with E-state index in [1.165, 1.54) is 10.8 Å². The molecule has 0 heterocycles. The molecule has 0 aliphatic carbocycles. The SMILES string of the molecule is C=C(CCCCCCOc1ccc2ccccc2c1)C(=O)O. The van der Waals surface area contributed by atoms with E-state index in [1.54, 1.807) is 0 Å². The maximum atomic E-state index is 10.6. The van der Waals surface area contributed by atoms with Crippen LogP contribution >= 0.6 is 0 Å². The summed E-state index contributed by atoms with van der Waals surface area (Å²) in [7, 11) is 0. The summed E-state index contributed by atoms with van der Waals surface area (Å²) >= 11 is 0. The first-order valence-electron chi connectivity index (χ1n) is 7.69. The van der Waals surface area contributed by atoms with Crippen LogP contribution in [0.3, 0.4) is 0 Å². The Morgan fingerprint density at radius 1 is 1.00 bits per heavy atom. The molecule has 0 amide bonds. The second-order valence-corrected chi connectivity index (χ2v) is 5.43. The van der Waals surface area contributed by atoms with Gasteiger partial charge in [-0.1, -0.05) is 49.8 Å². The Kier molecular flexibility index (Phi) is 6.01. The average Bonchev–Trinajstić information content (AvgIpc) is 2.53. The summed E-state index contributed by atoms with van der Waals surface area (Å²) in [4.78, 5) is 10.6. The lowest BCUT2D eigenvalue weighted by Crippen LogP contribution is -1.99. The van der Waals surface area contributed by atoms with Crippen LogP contribution in [-0.4, -0.2) is 17.7 Å². The molecule has 3 nitrogen and oxygen atoms in total. The van der Waals surface area contributed by atoms with Gasteiger partial charge in [-0.25, -0.2) is 4.79 Å². The zero-order valence-corrected chi connectivity index (χ0v) is 12.8. The van der Waals surface area contributed by atoms with Gasteiger partial charge < -0.3 is 9.84 Å². The zero-order chi connectivity index (χ0) is 15.8. The number of unbranched alkanes of at least 4 members (excludes halogenated alkanes) is 3. The van der Waals surface area contributed by atoms with Crippen molar-refractivity contribution in [1.29, 1.82) is 0 Å². The third-order valence-corrected chi connectivity index (χ3v) is 3.67. The highest BCUT2D eigenvalue weighted by Gasteiger charge is 2.02. The predicted octanol–water partition coefficient (Wildman–Crippen LogP) is 4.81. The Labute approximate surface area is 131 Å². The lowest BCUT2D eigenvalue weighted by Gasteiger charge is -2.07. The molecule has 22 heavy (non-hydrogen) atoms. The average molecular weight is 298 g/mol. The number of carbonyl (C=O) groups is 1. The van der Waals surface area contributed by atoms with E-state index in [1.807, 2.05) is 18.2 Å². The van der Waals surface area contributed by atoms with E-state index in [4.69, 9.17) is 9.84 Å². The number of hydrogen-bond donors (Lipinski definition) is 1. The van der Waals surface area contributed by atoms with Crippen LogP contribution < -0.4 is 4.74 Å². The molecular weight excluding hydrogens is 276 g/mol. The van der Waals surface area contributed by atoms with Crippen LogP contribution in [0.15, 0.2) is 54.6 Å². The van der Waals surface area contributed by atoms with E-state index in [-0.39, 0.29) is 0 Å². The second-order valence-electron chi connectivity index (χ2n) is 5.43. The molecule has 0 unspecified atom stereocenters. The summed E-state index contributed by atoms with van der Waals surface area (Å²) in [5.41, 5.74) is 0.299. The van der Waals surface area contributed by atoms with Gasteiger partial charge in [-0.15, -0.1) is 0 Å². The van der Waals surface area contributed by atoms with Gasteiger partial charge in [0.05, 0.1) is 6.61 Å². The number of carboxylic acid groups (broad SMARTS) is 1. The number of benzene rings is 2. The number of aliphatic carboxylic acids is 1. The maximum absolute atomic E-state index is 10.6. The van der Waals surface area contributed by atoms with E-state index >= 15 is 0 Å². The molecule has 1 N–H and O–H groups in total. The lowest BCUT2D eigenvalue weighted by atomic mass is 10.1. The zero-order valence-electron chi connectivity index (χ0n) is 12.8. The topological polar surface area (TPSA) is 46.5 Å². The summed E-state index contributed by atoms with van der Waals surface area (Å²) in [5, 5.41) is 11.1. The molecule has 3 heteroatoms. The van der Waals surface area contributed by atoms with E-state index in [2.05, 4.69) is 30.8 Å². The normalized spacial score (nSPS) is 10.5. The first kappa shape index (κ1) is 16.1. The van der Waals surface area contributed by atoms with Crippen LogP contribution in [0.2, 0.25) is 0 Å². The molecule has 0 saturated heterocycles. The van der Waals surface area contributed by atoms with E-state index in [9.17, 15) is 4.79 Å². The van der Waals surface area contributed by atoms with E-state index in [0.29, 0.717) is 18.6 Å². The lowest BCUT2D eigenvalue weighted by molar-refractivity contribution is -0.132. The van der Waals surface area contributed by atoms with Crippen LogP contribution in [0, 0.1) is 0 Å². The van der Waals surface area contributed by atoms with Gasteiger partial charge in [-0.3, -0.25) is 0 Å². The number of hydrogen-bond acceptors (Lipinski definition) is 2. The first-order chi connectivity index (χ1) is 10.7. The van der Waals surface area contributed by atoms with Crippen molar-refractivity contribution < 1.29 is 14.6 Å². The van der Waals surface area contributed by atoms with Crippen molar-refractivity contribution in [2.75, 3.05) is 6.61 Å². The number of fused-ring (bicyclic) bond motifs is 1. The van der Waals surface area contributed by atoms with Crippen LogP contribution in [0.4, 0.5) is 0 Å². The molecule has 2 aromatic rings. The van der Waals surface area contributed by atoms with Gasteiger partial charge in [0.15, 0.2) is 0 Å². The second kappa shape index (κ2) is 8.23. The number of rotatable bonds is 9. The molecule has 0 radical (unpaired) electrons. The van der Waals surface area contributed by atoms with Gasteiger partial charge in [0, 0.05) is 5.57 Å². The van der Waals surface area contributed by atoms with Gasteiger partial charge in [0.1, 0.15) is 5.75 Å². The molecule has 2 rings (SSSR count). The van der Waals surface area contributed by atoms with Crippen LogP contribution in [-0.2, 0) is 4.79 Å². The Morgan fingerprint density at radius 2 is 1.73 bits per heavy atom. The molecule has 0 atom stereocenters. The molecule has 116 valence electrons. The Balaban J connectivity index is 1.64. The monoisotopic (exact) mass is 298 g/mol. The smallest absolute Gasteiger partial charge is 0.330 e. The predicted molar refractivity (Wildman–Crippen MR) is 89.3 cm³/mol. The number of carboxylic acids is 1. The van der Waals surface area contributed by atoms with Gasteiger partial charge in [-0.05, 0) is 42.2 Å². The highest BCUT2D eigenvalue weighted by atomic mass is 16.5. The highest BCUT2D eigenvalue weighted by Crippen LogP contribution is 2.20. The van der Waals surface area contributed by atoms with Crippen molar-refractivity contribution >= 4 is 16.7 Å². The Morgan fingerprint density at radius 3 is 2.50 bits per heavy atom. The number of ether oxygens (including phenoxy) is 1. The third kappa shape index (κ3) is 4.92. The van der Waals surface area contributed by atoms with Crippen molar-refractivity contribution in [2.45, 2.75) is 32.1 Å². The van der Waals surface area contributed by atoms with E-state index < -0.39 is 5.97 Å².